The molecule has 1 aromatic heterocycles. The zero-order valence-corrected chi connectivity index (χ0v) is 10.5. The Labute approximate surface area is 97.8 Å². The van der Waals surface area contributed by atoms with Gasteiger partial charge in [0.1, 0.15) is 0 Å². The molecular formula is C12H14BrNO. The molecular weight excluding hydrogens is 254 g/mol. The van der Waals surface area contributed by atoms with E-state index in [1.165, 1.54) is 10.9 Å². The van der Waals surface area contributed by atoms with Crippen LogP contribution in [0.1, 0.15) is 19.4 Å². The first-order valence-corrected chi connectivity index (χ1v) is 5.83. The second kappa shape index (κ2) is 4.37. The minimum Gasteiger partial charge on any atom is -0.374 e. The summed E-state index contributed by atoms with van der Waals surface area (Å²) in [5.74, 6) is 0. The first-order chi connectivity index (χ1) is 7.16. The standard InChI is InChI=1S/C12H14BrNO/c1-8(2)15-7-9-6-14-12-4-3-10(13)5-11(9)12/h3-6,8,14H,7H2,1-2H3. The predicted octanol–water partition coefficient (Wildman–Crippen LogP) is 3.86. The third-order valence-corrected chi connectivity index (χ3v) is 2.79. The number of ether oxygens (including phenoxy) is 1. The van der Waals surface area contributed by atoms with Crippen molar-refractivity contribution in [3.63, 3.8) is 0 Å². The summed E-state index contributed by atoms with van der Waals surface area (Å²) in [6.07, 6.45) is 2.28. The summed E-state index contributed by atoms with van der Waals surface area (Å²) in [7, 11) is 0. The molecule has 0 saturated carbocycles. The van der Waals surface area contributed by atoms with E-state index in [4.69, 9.17) is 4.74 Å². The molecule has 1 heterocycles. The Hall–Kier alpha value is -0.800. The van der Waals surface area contributed by atoms with Gasteiger partial charge in [-0.15, -0.1) is 0 Å². The zero-order chi connectivity index (χ0) is 10.8. The van der Waals surface area contributed by atoms with Gasteiger partial charge in [-0.1, -0.05) is 15.9 Å². The highest BCUT2D eigenvalue weighted by molar-refractivity contribution is 9.10. The van der Waals surface area contributed by atoms with Crippen LogP contribution in [-0.2, 0) is 11.3 Å². The number of hydrogen-bond acceptors (Lipinski definition) is 1. The van der Waals surface area contributed by atoms with E-state index in [9.17, 15) is 0 Å². The van der Waals surface area contributed by atoms with Crippen molar-refractivity contribution in [2.24, 2.45) is 0 Å². The first-order valence-electron chi connectivity index (χ1n) is 5.04. The van der Waals surface area contributed by atoms with Crippen LogP contribution < -0.4 is 0 Å². The third kappa shape index (κ3) is 2.41. The van der Waals surface area contributed by atoms with Gasteiger partial charge in [-0.3, -0.25) is 0 Å². The zero-order valence-electron chi connectivity index (χ0n) is 8.88. The van der Waals surface area contributed by atoms with E-state index in [1.54, 1.807) is 0 Å². The molecule has 0 aliphatic heterocycles. The average molecular weight is 268 g/mol. The van der Waals surface area contributed by atoms with E-state index in [1.807, 2.05) is 26.1 Å². The fraction of sp³-hybridized carbons (Fsp3) is 0.333. The molecule has 0 fully saturated rings. The molecule has 0 aliphatic carbocycles. The largest absolute Gasteiger partial charge is 0.374 e. The van der Waals surface area contributed by atoms with Gasteiger partial charge in [0.05, 0.1) is 12.7 Å². The Morgan fingerprint density at radius 1 is 1.40 bits per heavy atom. The molecule has 0 aliphatic rings. The summed E-state index contributed by atoms with van der Waals surface area (Å²) in [6.45, 7) is 4.75. The van der Waals surface area contributed by atoms with Gasteiger partial charge in [-0.2, -0.15) is 0 Å². The maximum absolute atomic E-state index is 5.60. The van der Waals surface area contributed by atoms with Crippen LogP contribution in [0, 0.1) is 0 Å². The van der Waals surface area contributed by atoms with E-state index in [2.05, 4.69) is 33.0 Å². The minimum atomic E-state index is 0.266. The van der Waals surface area contributed by atoms with Crippen LogP contribution in [-0.4, -0.2) is 11.1 Å². The highest BCUT2D eigenvalue weighted by Gasteiger charge is 2.04. The van der Waals surface area contributed by atoms with Gasteiger partial charge in [0.15, 0.2) is 0 Å². The predicted molar refractivity (Wildman–Crippen MR) is 65.9 cm³/mol. The van der Waals surface area contributed by atoms with Crippen LogP contribution in [0.15, 0.2) is 28.9 Å². The molecule has 0 spiro atoms. The summed E-state index contributed by atoms with van der Waals surface area (Å²) in [5.41, 5.74) is 2.36. The molecule has 80 valence electrons. The van der Waals surface area contributed by atoms with Gasteiger partial charge < -0.3 is 9.72 Å². The third-order valence-electron chi connectivity index (χ3n) is 2.30. The number of H-pyrrole nitrogens is 1. The molecule has 0 unspecified atom stereocenters. The number of aromatic amines is 1. The van der Waals surface area contributed by atoms with Gasteiger partial charge in [-0.25, -0.2) is 0 Å². The number of halogens is 1. The number of fused-ring (bicyclic) bond motifs is 1. The molecule has 2 nitrogen and oxygen atoms in total. The number of hydrogen-bond donors (Lipinski definition) is 1. The summed E-state index contributed by atoms with van der Waals surface area (Å²) in [6, 6.07) is 6.22. The highest BCUT2D eigenvalue weighted by atomic mass is 79.9. The number of nitrogens with one attached hydrogen (secondary N) is 1. The van der Waals surface area contributed by atoms with Crippen molar-refractivity contribution in [2.45, 2.75) is 26.6 Å². The molecule has 0 atom stereocenters. The van der Waals surface area contributed by atoms with E-state index in [-0.39, 0.29) is 6.10 Å². The molecule has 3 heteroatoms. The lowest BCUT2D eigenvalue weighted by Crippen LogP contribution is -2.01. The summed E-state index contributed by atoms with van der Waals surface area (Å²) in [4.78, 5) is 3.24. The molecule has 2 aromatic rings. The van der Waals surface area contributed by atoms with Crippen molar-refractivity contribution in [1.82, 2.24) is 4.98 Å². The topological polar surface area (TPSA) is 25.0 Å². The summed E-state index contributed by atoms with van der Waals surface area (Å²) < 4.78 is 6.70. The summed E-state index contributed by atoms with van der Waals surface area (Å²) >= 11 is 3.48. The van der Waals surface area contributed by atoms with Crippen LogP contribution in [0.4, 0.5) is 0 Å². The Kier molecular flexibility index (Phi) is 3.12. The van der Waals surface area contributed by atoms with Gasteiger partial charge in [0, 0.05) is 27.1 Å². The SMILES string of the molecule is CC(C)OCc1c[nH]c2ccc(Br)cc12. The molecule has 1 aromatic carbocycles. The lowest BCUT2D eigenvalue weighted by Gasteiger charge is -2.06. The minimum absolute atomic E-state index is 0.266. The molecule has 0 radical (unpaired) electrons. The van der Waals surface area contributed by atoms with Crippen molar-refractivity contribution in [1.29, 1.82) is 0 Å². The molecule has 2 rings (SSSR count). The van der Waals surface area contributed by atoms with Crippen LogP contribution in [0.2, 0.25) is 0 Å². The normalized spacial score (nSPS) is 11.5. The van der Waals surface area contributed by atoms with Gasteiger partial charge in [0.2, 0.25) is 0 Å². The fourth-order valence-corrected chi connectivity index (χ4v) is 1.89. The monoisotopic (exact) mass is 267 g/mol. The quantitative estimate of drug-likeness (QED) is 0.898. The number of aromatic nitrogens is 1. The fourth-order valence-electron chi connectivity index (χ4n) is 1.53. The van der Waals surface area contributed by atoms with Crippen molar-refractivity contribution in [2.75, 3.05) is 0 Å². The van der Waals surface area contributed by atoms with Crippen molar-refractivity contribution >= 4 is 26.8 Å². The second-order valence-corrected chi connectivity index (χ2v) is 4.78. The lowest BCUT2D eigenvalue weighted by molar-refractivity contribution is 0.0664. The van der Waals surface area contributed by atoms with E-state index >= 15 is 0 Å². The van der Waals surface area contributed by atoms with Crippen LogP contribution >= 0.6 is 15.9 Å². The molecule has 0 bridgehead atoms. The Balaban J connectivity index is 2.31. The van der Waals surface area contributed by atoms with Crippen molar-refractivity contribution in [3.8, 4) is 0 Å². The van der Waals surface area contributed by atoms with Gasteiger partial charge >= 0.3 is 0 Å². The van der Waals surface area contributed by atoms with E-state index in [0.29, 0.717) is 6.61 Å². The van der Waals surface area contributed by atoms with E-state index in [0.717, 1.165) is 9.99 Å². The van der Waals surface area contributed by atoms with Gasteiger partial charge in [-0.05, 0) is 32.0 Å². The highest BCUT2D eigenvalue weighted by Crippen LogP contribution is 2.23. The van der Waals surface area contributed by atoms with Crippen molar-refractivity contribution in [3.05, 3.63) is 34.4 Å². The summed E-state index contributed by atoms with van der Waals surface area (Å²) in [5, 5.41) is 1.23. The molecule has 0 amide bonds. The average Bonchev–Trinajstić information content (AvgIpc) is 2.57. The molecule has 1 N–H and O–H groups in total. The van der Waals surface area contributed by atoms with E-state index < -0.39 is 0 Å². The number of benzene rings is 1. The maximum atomic E-state index is 5.60. The van der Waals surface area contributed by atoms with Crippen LogP contribution in [0.3, 0.4) is 0 Å². The van der Waals surface area contributed by atoms with Crippen molar-refractivity contribution < 1.29 is 4.74 Å². The smallest absolute Gasteiger partial charge is 0.0741 e. The Morgan fingerprint density at radius 2 is 2.20 bits per heavy atom. The maximum Gasteiger partial charge on any atom is 0.0741 e. The number of rotatable bonds is 3. The molecule has 0 saturated heterocycles. The first kappa shape index (κ1) is 10.7. The second-order valence-electron chi connectivity index (χ2n) is 3.86. The van der Waals surface area contributed by atoms with Crippen LogP contribution in [0.25, 0.3) is 10.9 Å². The molecule has 15 heavy (non-hydrogen) atoms. The van der Waals surface area contributed by atoms with Gasteiger partial charge in [0.25, 0.3) is 0 Å². The lowest BCUT2D eigenvalue weighted by atomic mass is 10.2. The van der Waals surface area contributed by atoms with Crippen LogP contribution in [0.5, 0.6) is 0 Å². The Bertz CT molecular complexity index is 462. The Morgan fingerprint density at radius 3 is 2.93 bits per heavy atom.